The van der Waals surface area contributed by atoms with Gasteiger partial charge in [0.05, 0.1) is 0 Å². The first kappa shape index (κ1) is 14.4. The highest BCUT2D eigenvalue weighted by Crippen LogP contribution is 2.24. The van der Waals surface area contributed by atoms with Crippen molar-refractivity contribution in [1.29, 1.82) is 0 Å². The number of piperidine rings is 1. The van der Waals surface area contributed by atoms with Crippen LogP contribution < -0.4 is 5.73 Å². The Morgan fingerprint density at radius 2 is 2.32 bits per heavy atom. The Bertz CT molecular complexity index is 498. The topological polar surface area (TPSA) is 66.6 Å². The quantitative estimate of drug-likeness (QED) is 0.880. The van der Waals surface area contributed by atoms with Crippen molar-refractivity contribution in [2.75, 3.05) is 13.1 Å². The number of β-amino-alcohol motifs (C(OH)–C–C–N with tert-alkyl or cyclic N) is 1. The molecule has 1 aromatic carbocycles. The van der Waals surface area contributed by atoms with E-state index in [0.717, 1.165) is 4.47 Å². The van der Waals surface area contributed by atoms with Gasteiger partial charge in [0.25, 0.3) is 5.91 Å². The second-order valence-electron chi connectivity index (χ2n) is 4.95. The van der Waals surface area contributed by atoms with Crippen LogP contribution >= 0.6 is 15.9 Å². The van der Waals surface area contributed by atoms with Gasteiger partial charge in [-0.25, -0.2) is 4.39 Å². The van der Waals surface area contributed by atoms with Crippen LogP contribution in [0.4, 0.5) is 4.39 Å². The summed E-state index contributed by atoms with van der Waals surface area (Å²) in [4.78, 5) is 13.1. The number of rotatable bonds is 3. The highest BCUT2D eigenvalue weighted by molar-refractivity contribution is 9.10. The minimum atomic E-state index is -1.50. The molecule has 0 unspecified atom stereocenters. The number of nitrogens with zero attached hydrogens (tertiary/aromatic N) is 1. The Hall–Kier alpha value is -0.980. The molecule has 1 fully saturated rings. The second-order valence-corrected chi connectivity index (χ2v) is 5.86. The number of amides is 1. The molecule has 1 saturated heterocycles. The smallest absolute Gasteiger partial charge is 0.250 e. The molecule has 1 aromatic rings. The maximum Gasteiger partial charge on any atom is 0.250 e. The third-order valence-electron chi connectivity index (χ3n) is 3.41. The van der Waals surface area contributed by atoms with E-state index in [4.69, 9.17) is 5.73 Å². The number of primary amides is 1. The first-order valence-electron chi connectivity index (χ1n) is 6.09. The van der Waals surface area contributed by atoms with E-state index < -0.39 is 11.5 Å². The molecule has 1 aliphatic rings. The lowest BCUT2D eigenvalue weighted by Crippen LogP contribution is -2.55. The van der Waals surface area contributed by atoms with E-state index in [1.54, 1.807) is 12.1 Å². The molecule has 3 N–H and O–H groups in total. The number of hydrogen-bond donors (Lipinski definition) is 2. The predicted molar refractivity (Wildman–Crippen MR) is 72.8 cm³/mol. The van der Waals surface area contributed by atoms with E-state index in [2.05, 4.69) is 15.9 Å². The molecule has 0 spiro atoms. The van der Waals surface area contributed by atoms with Gasteiger partial charge in [-0.1, -0.05) is 15.9 Å². The fourth-order valence-electron chi connectivity index (χ4n) is 2.36. The van der Waals surface area contributed by atoms with Gasteiger partial charge < -0.3 is 10.8 Å². The molecular weight excluding hydrogens is 315 g/mol. The maximum absolute atomic E-state index is 13.7. The predicted octanol–water partition coefficient (Wildman–Crippen LogP) is 1.40. The molecule has 0 saturated carbocycles. The minimum Gasteiger partial charge on any atom is -0.379 e. The number of benzene rings is 1. The fourth-order valence-corrected chi connectivity index (χ4v) is 2.77. The van der Waals surface area contributed by atoms with Crippen molar-refractivity contribution in [2.24, 2.45) is 5.73 Å². The van der Waals surface area contributed by atoms with Crippen molar-refractivity contribution in [3.05, 3.63) is 34.1 Å². The van der Waals surface area contributed by atoms with E-state index in [-0.39, 0.29) is 12.4 Å². The first-order valence-corrected chi connectivity index (χ1v) is 6.88. The fraction of sp³-hybridized carbons (Fsp3) is 0.462. The Balaban J connectivity index is 2.11. The summed E-state index contributed by atoms with van der Waals surface area (Å²) in [6.07, 6.45) is 1.02. The molecule has 1 heterocycles. The van der Waals surface area contributed by atoms with Gasteiger partial charge in [0.2, 0.25) is 0 Å². The highest BCUT2D eigenvalue weighted by Gasteiger charge is 2.38. The summed E-state index contributed by atoms with van der Waals surface area (Å²) in [5.41, 5.74) is 4.25. The number of likely N-dealkylation sites (tertiary alicyclic amines) is 1. The lowest BCUT2D eigenvalue weighted by atomic mass is 9.92. The van der Waals surface area contributed by atoms with Crippen LogP contribution in [0, 0.1) is 5.82 Å². The SMILES string of the molecule is NC(=O)[C@]1(O)CCCN(Cc2cc(Br)ccc2F)C1. The molecule has 0 aliphatic carbocycles. The standard InChI is InChI=1S/C13H16BrFN2O2/c14-10-2-3-11(15)9(6-10)7-17-5-1-4-13(19,8-17)12(16)18/h2-3,6,19H,1,4-5,7-8H2,(H2,16,18)/t13-/m0/s1. The summed E-state index contributed by atoms with van der Waals surface area (Å²) in [6.45, 7) is 1.21. The summed E-state index contributed by atoms with van der Waals surface area (Å²) in [6, 6.07) is 4.73. The van der Waals surface area contributed by atoms with Crippen LogP contribution in [0.1, 0.15) is 18.4 Å². The van der Waals surface area contributed by atoms with E-state index >= 15 is 0 Å². The van der Waals surface area contributed by atoms with Gasteiger partial charge in [0.1, 0.15) is 5.82 Å². The molecule has 2 rings (SSSR count). The van der Waals surface area contributed by atoms with Crippen molar-refractivity contribution >= 4 is 21.8 Å². The van der Waals surface area contributed by atoms with Crippen molar-refractivity contribution in [3.8, 4) is 0 Å². The normalized spacial score (nSPS) is 24.4. The van der Waals surface area contributed by atoms with Gasteiger partial charge in [-0.15, -0.1) is 0 Å². The van der Waals surface area contributed by atoms with Crippen molar-refractivity contribution in [3.63, 3.8) is 0 Å². The molecule has 1 atom stereocenters. The zero-order valence-corrected chi connectivity index (χ0v) is 12.0. The third-order valence-corrected chi connectivity index (χ3v) is 3.90. The number of aliphatic hydroxyl groups is 1. The summed E-state index contributed by atoms with van der Waals surface area (Å²) in [5, 5.41) is 10.1. The molecule has 1 aliphatic heterocycles. The van der Waals surface area contributed by atoms with Crippen molar-refractivity contribution in [1.82, 2.24) is 4.90 Å². The maximum atomic E-state index is 13.7. The average Bonchev–Trinajstić information content (AvgIpc) is 2.34. The van der Waals surface area contributed by atoms with Crippen LogP contribution in [0.25, 0.3) is 0 Å². The number of carbonyl (C=O) groups is 1. The molecule has 1 amide bonds. The zero-order valence-electron chi connectivity index (χ0n) is 10.4. The Kier molecular flexibility index (Phi) is 4.23. The van der Waals surface area contributed by atoms with Crippen LogP contribution in [-0.4, -0.2) is 34.6 Å². The van der Waals surface area contributed by atoms with E-state index in [9.17, 15) is 14.3 Å². The van der Waals surface area contributed by atoms with Gasteiger partial charge in [0.15, 0.2) is 5.60 Å². The largest absolute Gasteiger partial charge is 0.379 e. The van der Waals surface area contributed by atoms with Crippen molar-refractivity contribution < 1.29 is 14.3 Å². The lowest BCUT2D eigenvalue weighted by molar-refractivity contribution is -0.142. The third kappa shape index (κ3) is 3.32. The van der Waals surface area contributed by atoms with Crippen LogP contribution in [0.5, 0.6) is 0 Å². The Morgan fingerprint density at radius 3 is 3.00 bits per heavy atom. The number of nitrogens with two attached hydrogens (primary N) is 1. The monoisotopic (exact) mass is 330 g/mol. The van der Waals surface area contributed by atoms with E-state index in [1.165, 1.54) is 6.07 Å². The first-order chi connectivity index (χ1) is 8.90. The Morgan fingerprint density at radius 1 is 1.58 bits per heavy atom. The van der Waals surface area contributed by atoms with Crippen LogP contribution in [0.2, 0.25) is 0 Å². The summed E-state index contributed by atoms with van der Waals surface area (Å²) >= 11 is 3.30. The van der Waals surface area contributed by atoms with Gasteiger partial charge >= 0.3 is 0 Å². The second kappa shape index (κ2) is 5.56. The van der Waals surface area contributed by atoms with Crippen LogP contribution in [-0.2, 0) is 11.3 Å². The lowest BCUT2D eigenvalue weighted by Gasteiger charge is -2.37. The zero-order chi connectivity index (χ0) is 14.0. The van der Waals surface area contributed by atoms with Gasteiger partial charge in [0, 0.05) is 23.1 Å². The van der Waals surface area contributed by atoms with E-state index in [1.807, 2.05) is 4.90 Å². The van der Waals surface area contributed by atoms with Gasteiger partial charge in [-0.3, -0.25) is 9.69 Å². The molecule has 6 heteroatoms. The number of carbonyl (C=O) groups excluding carboxylic acids is 1. The van der Waals surface area contributed by atoms with Crippen molar-refractivity contribution in [2.45, 2.75) is 25.0 Å². The molecule has 4 nitrogen and oxygen atoms in total. The van der Waals surface area contributed by atoms with Gasteiger partial charge in [-0.2, -0.15) is 0 Å². The number of hydrogen-bond acceptors (Lipinski definition) is 3. The molecule has 0 radical (unpaired) electrons. The summed E-state index contributed by atoms with van der Waals surface area (Å²) < 4.78 is 14.5. The molecule has 19 heavy (non-hydrogen) atoms. The van der Waals surface area contributed by atoms with Gasteiger partial charge in [-0.05, 0) is 37.6 Å². The van der Waals surface area contributed by atoms with Crippen LogP contribution in [0.15, 0.2) is 22.7 Å². The summed E-state index contributed by atoms with van der Waals surface area (Å²) in [5.74, 6) is -1.01. The number of halogens is 2. The molecular formula is C13H16BrFN2O2. The molecule has 104 valence electrons. The minimum absolute atomic E-state index is 0.147. The summed E-state index contributed by atoms with van der Waals surface area (Å²) in [7, 11) is 0. The Labute approximate surface area is 119 Å². The molecule has 0 aromatic heterocycles. The highest BCUT2D eigenvalue weighted by atomic mass is 79.9. The average molecular weight is 331 g/mol. The molecule has 0 bridgehead atoms. The van der Waals surface area contributed by atoms with E-state index in [0.29, 0.717) is 31.5 Å². The van der Waals surface area contributed by atoms with Crippen LogP contribution in [0.3, 0.4) is 0 Å².